The van der Waals surface area contributed by atoms with Crippen LogP contribution in [0.25, 0.3) is 0 Å². The maximum Gasteiger partial charge on any atom is 0.326 e. The van der Waals surface area contributed by atoms with Gasteiger partial charge in [0, 0.05) is 13.1 Å². The molecular weight excluding hydrogens is 470 g/mol. The third kappa shape index (κ3) is 8.41. The molecule has 0 aliphatic carbocycles. The number of carbonyl (C=O) groups is 4. The number of carboxylic acid groups (broad SMARTS) is 1. The number of aliphatic carboxylic acids is 1. The van der Waals surface area contributed by atoms with E-state index in [0.29, 0.717) is 25.8 Å². The number of aromatic hydroxyl groups is 1. The lowest BCUT2D eigenvalue weighted by molar-refractivity contribution is -0.143. The van der Waals surface area contributed by atoms with Gasteiger partial charge in [-0.2, -0.15) is 0 Å². The van der Waals surface area contributed by atoms with Crippen molar-refractivity contribution >= 4 is 29.7 Å². The van der Waals surface area contributed by atoms with Crippen molar-refractivity contribution in [2.45, 2.75) is 63.2 Å². The van der Waals surface area contributed by atoms with Crippen LogP contribution in [0.15, 0.2) is 29.3 Å². The van der Waals surface area contributed by atoms with Crippen LogP contribution in [-0.4, -0.2) is 82.0 Å². The third-order valence-corrected chi connectivity index (χ3v) is 5.86. The number of phenolic OH excluding ortho intramolecular Hbond substituents is 1. The second-order valence-corrected chi connectivity index (χ2v) is 8.75. The van der Waals surface area contributed by atoms with Gasteiger partial charge in [0.25, 0.3) is 0 Å². The van der Waals surface area contributed by atoms with Crippen LogP contribution in [0.2, 0.25) is 0 Å². The second-order valence-electron chi connectivity index (χ2n) is 8.75. The molecule has 13 heteroatoms. The maximum atomic E-state index is 12.9. The molecule has 1 aromatic rings. The van der Waals surface area contributed by atoms with Gasteiger partial charge in [-0.15, -0.1) is 0 Å². The number of phenols is 1. The van der Waals surface area contributed by atoms with E-state index in [1.54, 1.807) is 12.1 Å². The first-order valence-corrected chi connectivity index (χ1v) is 11.7. The highest BCUT2D eigenvalue weighted by Crippen LogP contribution is 2.20. The summed E-state index contributed by atoms with van der Waals surface area (Å²) in [7, 11) is 0. The van der Waals surface area contributed by atoms with Crippen LogP contribution in [0, 0.1) is 0 Å². The second kappa shape index (κ2) is 13.3. The van der Waals surface area contributed by atoms with Crippen molar-refractivity contribution in [1.82, 2.24) is 15.5 Å². The molecule has 0 radical (unpaired) electrons. The van der Waals surface area contributed by atoms with Crippen molar-refractivity contribution in [3.8, 4) is 5.75 Å². The number of nitrogens with one attached hydrogen (secondary N) is 2. The number of rotatable bonds is 12. The van der Waals surface area contributed by atoms with E-state index >= 15 is 0 Å². The number of likely N-dealkylation sites (tertiary alicyclic amines) is 1. The van der Waals surface area contributed by atoms with Gasteiger partial charge in [0.15, 0.2) is 5.96 Å². The summed E-state index contributed by atoms with van der Waals surface area (Å²) in [5.41, 5.74) is 17.3. The molecule has 2 rings (SSSR count). The predicted octanol–water partition coefficient (Wildman–Crippen LogP) is -1.62. The summed E-state index contributed by atoms with van der Waals surface area (Å²) >= 11 is 0. The number of amides is 3. The normalized spacial score (nSPS) is 17.5. The van der Waals surface area contributed by atoms with Gasteiger partial charge in [-0.1, -0.05) is 12.1 Å². The van der Waals surface area contributed by atoms with E-state index in [9.17, 15) is 29.4 Å². The minimum absolute atomic E-state index is 0.0995. The number of nitrogens with two attached hydrogens (primary N) is 3. The zero-order valence-corrected chi connectivity index (χ0v) is 20.2. The van der Waals surface area contributed by atoms with E-state index in [4.69, 9.17) is 17.2 Å². The molecule has 3 amide bonds. The topological polar surface area (TPSA) is 226 Å². The fourth-order valence-electron chi connectivity index (χ4n) is 3.92. The minimum atomic E-state index is -1.22. The van der Waals surface area contributed by atoms with Crippen molar-refractivity contribution in [2.24, 2.45) is 22.2 Å². The molecule has 198 valence electrons. The van der Waals surface area contributed by atoms with Gasteiger partial charge in [-0.05, 0) is 56.7 Å². The summed E-state index contributed by atoms with van der Waals surface area (Å²) in [4.78, 5) is 55.0. The molecular formula is C23H35N7O6. The summed E-state index contributed by atoms with van der Waals surface area (Å²) in [6.45, 7) is 2.01. The van der Waals surface area contributed by atoms with E-state index in [0.717, 1.165) is 5.56 Å². The Morgan fingerprint density at radius 1 is 1.17 bits per heavy atom. The lowest BCUT2D eigenvalue weighted by Crippen LogP contribution is -2.56. The molecule has 36 heavy (non-hydrogen) atoms. The monoisotopic (exact) mass is 505 g/mol. The van der Waals surface area contributed by atoms with Crippen molar-refractivity contribution in [2.75, 3.05) is 13.1 Å². The van der Waals surface area contributed by atoms with E-state index in [2.05, 4.69) is 15.6 Å². The van der Waals surface area contributed by atoms with E-state index < -0.39 is 42.0 Å². The summed E-state index contributed by atoms with van der Waals surface area (Å²) in [6, 6.07) is 2.49. The van der Waals surface area contributed by atoms with Crippen LogP contribution in [-0.2, 0) is 25.6 Å². The zero-order chi connectivity index (χ0) is 26.8. The molecule has 1 saturated heterocycles. The van der Waals surface area contributed by atoms with E-state index in [1.807, 2.05) is 0 Å². The van der Waals surface area contributed by atoms with Crippen molar-refractivity contribution < 1.29 is 29.4 Å². The summed E-state index contributed by atoms with van der Waals surface area (Å²) in [5, 5.41) is 23.7. The molecule has 0 bridgehead atoms. The molecule has 4 unspecified atom stereocenters. The van der Waals surface area contributed by atoms with Crippen molar-refractivity contribution in [3.05, 3.63) is 29.8 Å². The maximum absolute atomic E-state index is 12.9. The first kappa shape index (κ1) is 28.4. The van der Waals surface area contributed by atoms with Gasteiger partial charge in [0.2, 0.25) is 17.7 Å². The largest absolute Gasteiger partial charge is 0.508 e. The predicted molar refractivity (Wildman–Crippen MR) is 132 cm³/mol. The van der Waals surface area contributed by atoms with Gasteiger partial charge in [-0.25, -0.2) is 4.79 Å². The smallest absolute Gasteiger partial charge is 0.326 e. The fourth-order valence-corrected chi connectivity index (χ4v) is 3.92. The van der Waals surface area contributed by atoms with Crippen LogP contribution in [0.4, 0.5) is 0 Å². The Labute approximate surface area is 209 Å². The Balaban J connectivity index is 1.91. The Morgan fingerprint density at radius 3 is 2.44 bits per heavy atom. The highest BCUT2D eigenvalue weighted by Gasteiger charge is 2.37. The molecule has 0 aromatic heterocycles. The Morgan fingerprint density at radius 2 is 1.83 bits per heavy atom. The molecule has 13 nitrogen and oxygen atoms in total. The number of carbonyl (C=O) groups excluding carboxylic acids is 3. The highest BCUT2D eigenvalue weighted by atomic mass is 16.4. The molecule has 1 aliphatic rings. The van der Waals surface area contributed by atoms with Crippen molar-refractivity contribution in [3.63, 3.8) is 0 Å². The average molecular weight is 506 g/mol. The van der Waals surface area contributed by atoms with Gasteiger partial charge in [0.1, 0.15) is 23.9 Å². The Kier molecular flexibility index (Phi) is 10.5. The Hall–Kier alpha value is -3.87. The van der Waals surface area contributed by atoms with Gasteiger partial charge < -0.3 is 42.9 Å². The number of hydrogen-bond acceptors (Lipinski definition) is 7. The number of benzene rings is 1. The lowest BCUT2D eigenvalue weighted by Gasteiger charge is -2.28. The zero-order valence-electron chi connectivity index (χ0n) is 20.2. The molecule has 1 aliphatic heterocycles. The standard InChI is InChI=1S/C23H35N7O6/c1-13(19(32)29-17(22(35)36)4-2-10-27-23(25)26)28-20(33)18-5-3-11-30(18)21(34)16(24)12-14-6-8-15(31)9-7-14/h6-9,13,16-18,31H,2-5,10-12,24H2,1H3,(H,28,33)(H,29,32)(H,35,36)(H4,25,26,27). The van der Waals surface area contributed by atoms with Crippen molar-refractivity contribution in [1.29, 1.82) is 0 Å². The number of hydrogen-bond donors (Lipinski definition) is 7. The summed E-state index contributed by atoms with van der Waals surface area (Å²) in [6.07, 6.45) is 1.69. The molecule has 4 atom stereocenters. The van der Waals surface area contributed by atoms with E-state index in [1.165, 1.54) is 24.0 Å². The number of aliphatic imine (C=N–C) groups is 1. The fraction of sp³-hybridized carbons (Fsp3) is 0.522. The van der Waals surface area contributed by atoms with Crippen LogP contribution in [0.5, 0.6) is 5.75 Å². The van der Waals surface area contributed by atoms with Crippen LogP contribution in [0.3, 0.4) is 0 Å². The molecule has 0 spiro atoms. The molecule has 1 aromatic carbocycles. The number of guanidine groups is 1. The number of carboxylic acids is 1. The quantitative estimate of drug-likeness (QED) is 0.0982. The summed E-state index contributed by atoms with van der Waals surface area (Å²) in [5.74, 6) is -2.79. The van der Waals surface area contributed by atoms with Crippen LogP contribution in [0.1, 0.15) is 38.2 Å². The number of nitrogens with zero attached hydrogens (tertiary/aromatic N) is 2. The first-order valence-electron chi connectivity index (χ1n) is 11.7. The van der Waals surface area contributed by atoms with E-state index in [-0.39, 0.29) is 37.0 Å². The molecule has 0 saturated carbocycles. The molecule has 1 fully saturated rings. The highest BCUT2D eigenvalue weighted by molar-refractivity contribution is 5.94. The molecule has 1 heterocycles. The Bertz CT molecular complexity index is 964. The van der Waals surface area contributed by atoms with Gasteiger partial charge in [-0.3, -0.25) is 19.4 Å². The van der Waals surface area contributed by atoms with Crippen LogP contribution >= 0.6 is 0 Å². The summed E-state index contributed by atoms with van der Waals surface area (Å²) < 4.78 is 0. The minimum Gasteiger partial charge on any atom is -0.508 e. The third-order valence-electron chi connectivity index (χ3n) is 5.86. The van der Waals surface area contributed by atoms with Crippen LogP contribution < -0.4 is 27.8 Å². The van der Waals surface area contributed by atoms with Gasteiger partial charge in [0.05, 0.1) is 6.04 Å². The first-order chi connectivity index (χ1) is 17.0. The SMILES string of the molecule is CC(NC(=O)C1CCCN1C(=O)C(N)Cc1ccc(O)cc1)C(=O)NC(CCCN=C(N)N)C(=O)O. The average Bonchev–Trinajstić information content (AvgIpc) is 3.31. The lowest BCUT2D eigenvalue weighted by atomic mass is 10.0. The molecule has 10 N–H and O–H groups in total. The van der Waals surface area contributed by atoms with Gasteiger partial charge >= 0.3 is 5.97 Å².